The molecule has 0 aromatic heterocycles. The third-order valence-corrected chi connectivity index (χ3v) is 0.284. The van der Waals surface area contributed by atoms with Crippen molar-refractivity contribution in [3.63, 3.8) is 0 Å². The molecule has 0 fully saturated rings. The molecule has 4 nitrogen and oxygen atoms in total. The van der Waals surface area contributed by atoms with Gasteiger partial charge in [-0.15, -0.1) is 0 Å². The Morgan fingerprint density at radius 3 is 2.71 bits per heavy atom. The van der Waals surface area contributed by atoms with Crippen LogP contribution in [0.4, 0.5) is 0 Å². The molecule has 0 spiro atoms. The molecule has 0 aliphatic heterocycles. The Kier molecular flexibility index (Phi) is 2.55. The van der Waals surface area contributed by atoms with Crippen LogP contribution in [0.25, 0.3) is 0 Å². The molecule has 0 saturated heterocycles. The van der Waals surface area contributed by atoms with Crippen molar-refractivity contribution in [3.05, 3.63) is 0 Å². The van der Waals surface area contributed by atoms with Crippen molar-refractivity contribution in [2.75, 3.05) is 7.05 Å². The minimum Gasteiger partial charge on any atom is -0.473 e. The Morgan fingerprint density at radius 2 is 2.57 bits per heavy atom. The van der Waals surface area contributed by atoms with Crippen LogP contribution in [0.2, 0.25) is 0 Å². The molecule has 0 rings (SSSR count). The Morgan fingerprint density at radius 1 is 2.00 bits per heavy atom. The molecule has 0 bridgehead atoms. The van der Waals surface area contributed by atoms with Crippen LogP contribution in [0.1, 0.15) is 0 Å². The van der Waals surface area contributed by atoms with Gasteiger partial charge in [0.15, 0.2) is 0 Å². The third-order valence-electron chi connectivity index (χ3n) is 0.284. The molecule has 0 aliphatic rings. The van der Waals surface area contributed by atoms with Gasteiger partial charge in [-0.1, -0.05) is 0 Å². The summed E-state index contributed by atoms with van der Waals surface area (Å²) in [6.07, 6.45) is 0.722. The first-order chi connectivity index (χ1) is 3.27. The first-order valence-corrected chi connectivity index (χ1v) is 1.62. The minimum absolute atomic E-state index is 0.722. The van der Waals surface area contributed by atoms with Crippen molar-refractivity contribution in [2.45, 2.75) is 0 Å². The van der Waals surface area contributed by atoms with Crippen molar-refractivity contribution in [1.29, 1.82) is 0 Å². The number of carboxylic acid groups (broad SMARTS) is 1. The molecule has 0 aliphatic carbocycles. The molecule has 0 aromatic rings. The van der Waals surface area contributed by atoms with E-state index in [-0.39, 0.29) is 0 Å². The monoisotopic (exact) mass is 101 g/mol. The van der Waals surface area contributed by atoms with Gasteiger partial charge < -0.3 is 5.11 Å². The molecule has 0 amide bonds. The molecule has 0 saturated carbocycles. The maximum atomic E-state index is 9.55. The van der Waals surface area contributed by atoms with Gasteiger partial charge >= 0.3 is 12.2 Å². The van der Waals surface area contributed by atoms with Crippen molar-refractivity contribution in [2.24, 2.45) is 5.11 Å². The number of hydrogen-bond acceptors (Lipinski definition) is 2. The number of rotatable bonds is 1. The summed E-state index contributed by atoms with van der Waals surface area (Å²) < 4.78 is 0. The summed E-state index contributed by atoms with van der Waals surface area (Å²) in [6.45, 7) is 0. The number of hydrogen-bond donors (Lipinski definition) is 1. The zero-order valence-corrected chi connectivity index (χ0v) is 3.83. The van der Waals surface area contributed by atoms with Gasteiger partial charge in [-0.3, -0.25) is 0 Å². The fraction of sp³-hybridized carbons (Fsp3) is 0.333. The normalized spacial score (nSPS) is 6.43. The summed E-state index contributed by atoms with van der Waals surface area (Å²) in [5, 5.41) is 11.0. The van der Waals surface area contributed by atoms with E-state index < -0.39 is 5.97 Å². The van der Waals surface area contributed by atoms with Crippen LogP contribution in [0, 0.1) is 0 Å². The number of aliphatic carboxylic acids is 1. The van der Waals surface area contributed by atoms with E-state index in [0.29, 0.717) is 0 Å². The van der Waals surface area contributed by atoms with Gasteiger partial charge in [0.25, 0.3) is 0 Å². The Hall–Kier alpha value is -1.15. The molecular weight excluding hydrogens is 96.0 g/mol. The molecule has 0 unspecified atom stereocenters. The second-order valence-corrected chi connectivity index (χ2v) is 0.783. The molecule has 0 aromatic carbocycles. The van der Waals surface area contributed by atoms with E-state index >= 15 is 0 Å². The van der Waals surface area contributed by atoms with Crippen LogP contribution >= 0.6 is 0 Å². The number of carbonyl (C=O) groups is 1. The average Bonchev–Trinajstić information content (AvgIpc) is 1.61. The fourth-order valence-corrected chi connectivity index (χ4v) is 0.107. The summed E-state index contributed by atoms with van der Waals surface area (Å²) >= 11 is 0. The lowest BCUT2D eigenvalue weighted by atomic mass is 10.8. The number of nitrogens with zero attached hydrogens (tertiary/aromatic N) is 2. The first-order valence-electron chi connectivity index (χ1n) is 1.62. The fourth-order valence-electron chi connectivity index (χ4n) is 0.107. The third kappa shape index (κ3) is 4.85. The van der Waals surface area contributed by atoms with Gasteiger partial charge in [0, 0.05) is 0 Å². The van der Waals surface area contributed by atoms with Gasteiger partial charge in [-0.05, 0) is 0 Å². The van der Waals surface area contributed by atoms with Crippen molar-refractivity contribution in [1.82, 2.24) is 0 Å². The lowest BCUT2D eigenvalue weighted by Gasteiger charge is -1.55. The van der Waals surface area contributed by atoms with E-state index in [2.05, 4.69) is 9.90 Å². The standard InChI is InChI=1S/C3H4N2O2/c1-4-5-2-3(6)7/h2H,1H3/p+1. The highest BCUT2D eigenvalue weighted by Gasteiger charge is 1.92. The number of carboxylic acids is 1. The van der Waals surface area contributed by atoms with E-state index in [9.17, 15) is 4.79 Å². The zero-order valence-electron chi connectivity index (χ0n) is 3.83. The highest BCUT2D eigenvalue weighted by Crippen LogP contribution is 1.44. The van der Waals surface area contributed by atoms with E-state index in [4.69, 9.17) is 5.11 Å². The van der Waals surface area contributed by atoms with E-state index in [1.807, 2.05) is 0 Å². The molecule has 4 heteroatoms. The van der Waals surface area contributed by atoms with Crippen molar-refractivity contribution >= 4 is 12.2 Å². The SMILES string of the molecule is CN=[N+]=CC(=O)O. The van der Waals surface area contributed by atoms with Crippen molar-refractivity contribution < 1.29 is 14.7 Å². The minimum atomic E-state index is -1.08. The second kappa shape index (κ2) is 3.06. The Labute approximate surface area is 40.2 Å². The maximum Gasteiger partial charge on any atom is 0.415 e. The molecular formula is C3H5N2O2+. The molecule has 38 valence electrons. The quantitative estimate of drug-likeness (QED) is 0.273. The van der Waals surface area contributed by atoms with Crippen LogP contribution in [-0.2, 0) is 4.79 Å². The lowest BCUT2D eigenvalue weighted by Crippen LogP contribution is -1.94. The highest BCUT2D eigenvalue weighted by molar-refractivity contribution is 6.19. The smallest absolute Gasteiger partial charge is 0.415 e. The topological polar surface area (TPSA) is 63.8 Å². The highest BCUT2D eigenvalue weighted by atomic mass is 16.4. The molecule has 0 atom stereocenters. The zero-order chi connectivity index (χ0) is 5.70. The largest absolute Gasteiger partial charge is 0.473 e. The Balaban J connectivity index is 3.70. The van der Waals surface area contributed by atoms with Crippen molar-refractivity contribution in [3.8, 4) is 0 Å². The summed E-state index contributed by atoms with van der Waals surface area (Å²) in [6, 6.07) is 0. The molecule has 0 heterocycles. The first kappa shape index (κ1) is 5.85. The van der Waals surface area contributed by atoms with E-state index in [1.54, 1.807) is 0 Å². The molecule has 1 N–H and O–H groups in total. The van der Waals surface area contributed by atoms with Gasteiger partial charge in [-0.25, -0.2) is 4.79 Å². The molecule has 7 heavy (non-hydrogen) atoms. The summed E-state index contributed by atoms with van der Waals surface area (Å²) in [4.78, 5) is 12.6. The van der Waals surface area contributed by atoms with Crippen LogP contribution in [-0.4, -0.2) is 29.1 Å². The van der Waals surface area contributed by atoms with Gasteiger partial charge in [0.05, 0.1) is 9.90 Å². The Bertz CT molecular complexity index is 123. The van der Waals surface area contributed by atoms with Crippen LogP contribution < -0.4 is 0 Å². The summed E-state index contributed by atoms with van der Waals surface area (Å²) in [5.41, 5.74) is 0. The predicted octanol–water partition coefficient (Wildman–Crippen LogP) is -0.568. The predicted molar refractivity (Wildman–Crippen MR) is 22.3 cm³/mol. The lowest BCUT2D eigenvalue weighted by molar-refractivity contribution is -0.137. The maximum absolute atomic E-state index is 9.55. The summed E-state index contributed by atoms with van der Waals surface area (Å²) in [7, 11) is 1.40. The second-order valence-electron chi connectivity index (χ2n) is 0.783. The van der Waals surface area contributed by atoms with Crippen LogP contribution in [0.5, 0.6) is 0 Å². The van der Waals surface area contributed by atoms with Gasteiger partial charge in [-0.2, -0.15) is 0 Å². The van der Waals surface area contributed by atoms with Crippen LogP contribution in [0.3, 0.4) is 0 Å². The summed E-state index contributed by atoms with van der Waals surface area (Å²) in [5.74, 6) is -1.08. The molecule has 0 radical (unpaired) electrons. The van der Waals surface area contributed by atoms with Gasteiger partial charge in [0.2, 0.25) is 0 Å². The average molecular weight is 101 g/mol. The van der Waals surface area contributed by atoms with Gasteiger partial charge in [0.1, 0.15) is 7.05 Å². The van der Waals surface area contributed by atoms with E-state index in [0.717, 1.165) is 6.21 Å². The van der Waals surface area contributed by atoms with E-state index in [1.165, 1.54) is 7.05 Å². The van der Waals surface area contributed by atoms with Crippen LogP contribution in [0.15, 0.2) is 5.11 Å².